The molecule has 0 aliphatic heterocycles. The lowest BCUT2D eigenvalue weighted by Gasteiger charge is -1.92. The maximum absolute atomic E-state index is 10.5. The molecule has 0 spiro atoms. The first-order chi connectivity index (χ1) is 9.88. The number of hydrogen-bond acceptors (Lipinski definition) is 10. The van der Waals surface area contributed by atoms with Crippen LogP contribution in [-0.2, 0) is 10.4 Å². The first-order valence-electron chi connectivity index (χ1n) is 4.53. The number of diazo groups is 1. The zero-order chi connectivity index (χ0) is 17.7. The number of nitro groups is 3. The third-order valence-corrected chi connectivity index (χ3v) is 1.76. The van der Waals surface area contributed by atoms with E-state index in [2.05, 4.69) is 4.98 Å². The van der Waals surface area contributed by atoms with Gasteiger partial charge in [0.1, 0.15) is 12.1 Å². The molecule has 1 aromatic rings. The number of rotatable bonds is 3. The fourth-order valence-corrected chi connectivity index (χ4v) is 1.08. The summed E-state index contributed by atoms with van der Waals surface area (Å²) >= 11 is 0. The molecule has 22 heavy (non-hydrogen) atoms. The van der Waals surface area contributed by atoms with Gasteiger partial charge in [-0.25, -0.2) is 8.42 Å². The summed E-state index contributed by atoms with van der Waals surface area (Å²) < 4.78 is 32.8. The Labute approximate surface area is 119 Å². The van der Waals surface area contributed by atoms with Gasteiger partial charge in [-0.2, -0.15) is 0 Å². The highest BCUT2D eigenvalue weighted by molar-refractivity contribution is 7.79. The van der Waals surface area contributed by atoms with Crippen LogP contribution in [-0.4, -0.2) is 32.3 Å². The molecule has 0 aliphatic carbocycles. The summed E-state index contributed by atoms with van der Waals surface area (Å²) in [5.41, 5.74) is -3.82. The molecule has 0 heterocycles. The number of nitrogens with zero attached hydrogens (tertiary/aromatic N) is 5. The van der Waals surface area contributed by atoms with E-state index >= 15 is 0 Å². The van der Waals surface area contributed by atoms with Crippen LogP contribution < -0.4 is 0 Å². The van der Waals surface area contributed by atoms with E-state index in [1.54, 1.807) is 0 Å². The first-order valence-corrected chi connectivity index (χ1v) is 5.89. The Hall–Kier alpha value is -3.29. The predicted octanol–water partition coefficient (Wildman–Crippen LogP) is 0.900. The molecule has 0 aromatic heterocycles. The minimum atomic E-state index is -4.92. The van der Waals surface area contributed by atoms with Gasteiger partial charge in [-0.05, 0) is 0 Å². The molecule has 118 valence electrons. The molecule has 1 aromatic carbocycles. The van der Waals surface area contributed by atoms with Crippen LogP contribution in [0.4, 0.5) is 22.7 Å². The second-order valence-corrected chi connectivity index (χ2v) is 3.99. The Bertz CT molecular complexity index is 736. The highest BCUT2D eigenvalue weighted by atomic mass is 32.3. The van der Waals surface area contributed by atoms with Gasteiger partial charge in [-0.15, -0.1) is 0 Å². The summed E-state index contributed by atoms with van der Waals surface area (Å²) in [5.74, 6) is 0. The smallest absolute Gasteiger partial charge is 0.537 e. The average Bonchev–Trinajstić information content (AvgIpc) is 2.34. The largest absolute Gasteiger partial charge is 0.726 e. The Balaban J connectivity index is 0.000000763. The second-order valence-electron chi connectivity index (χ2n) is 3.13. The Morgan fingerprint density at radius 3 is 1.50 bits per heavy atom. The molecule has 16 heteroatoms. The minimum absolute atomic E-state index is 0.474. The molecular weight excluding hydrogens is 334 g/mol. The van der Waals surface area contributed by atoms with Crippen LogP contribution >= 0.6 is 0 Å². The number of non-ortho nitro benzene ring substituents is 1. The Kier molecular flexibility index (Phi) is 5.89. The normalized spacial score (nSPS) is 9.86. The third kappa shape index (κ3) is 5.78. The van der Waals surface area contributed by atoms with Crippen molar-refractivity contribution >= 4 is 33.1 Å². The van der Waals surface area contributed by atoms with Gasteiger partial charge in [0, 0.05) is 0 Å². The SMILES string of the molecule is N#[N+]c1c([N+](=O)[O-])cc([N+](=O)[O-])cc1[N+](=O)[O-].O=S(=O)([O-])O. The topological polar surface area (TPSA) is 235 Å². The van der Waals surface area contributed by atoms with E-state index in [0.717, 1.165) is 0 Å². The van der Waals surface area contributed by atoms with Crippen molar-refractivity contribution in [2.24, 2.45) is 0 Å². The van der Waals surface area contributed by atoms with E-state index < -0.39 is 47.9 Å². The molecule has 1 rings (SSSR count). The van der Waals surface area contributed by atoms with Crippen molar-refractivity contribution in [3.63, 3.8) is 0 Å². The van der Waals surface area contributed by atoms with Gasteiger partial charge in [0.25, 0.3) is 5.69 Å². The molecular formula is C6H3N5O10S. The first kappa shape index (κ1) is 18.7. The van der Waals surface area contributed by atoms with Crippen LogP contribution in [0.3, 0.4) is 0 Å². The summed E-state index contributed by atoms with van der Waals surface area (Å²) in [4.78, 5) is 30.6. The quantitative estimate of drug-likeness (QED) is 0.267. The Morgan fingerprint density at radius 2 is 1.32 bits per heavy atom. The van der Waals surface area contributed by atoms with Gasteiger partial charge in [-0.1, -0.05) is 0 Å². The highest BCUT2D eigenvalue weighted by Gasteiger charge is 2.40. The van der Waals surface area contributed by atoms with E-state index in [1.807, 2.05) is 0 Å². The average molecular weight is 337 g/mol. The summed E-state index contributed by atoms with van der Waals surface area (Å²) in [7, 11) is -4.92. The fraction of sp³-hybridized carbons (Fsp3) is 0. The van der Waals surface area contributed by atoms with E-state index in [1.165, 1.54) is 0 Å². The van der Waals surface area contributed by atoms with Crippen LogP contribution in [0, 0.1) is 35.7 Å². The van der Waals surface area contributed by atoms with Gasteiger partial charge in [0.05, 0.1) is 14.8 Å². The lowest BCUT2D eigenvalue weighted by Crippen LogP contribution is -1.97. The molecule has 0 amide bonds. The monoisotopic (exact) mass is 337 g/mol. The van der Waals surface area contributed by atoms with Crippen LogP contribution in [0.1, 0.15) is 0 Å². The van der Waals surface area contributed by atoms with Crippen LogP contribution in [0.2, 0.25) is 0 Å². The molecule has 0 aliphatic rings. The molecule has 0 fully saturated rings. The van der Waals surface area contributed by atoms with Crippen molar-refractivity contribution in [2.45, 2.75) is 0 Å². The lowest BCUT2D eigenvalue weighted by atomic mass is 10.2. The molecule has 0 radical (unpaired) electrons. The summed E-state index contributed by atoms with van der Waals surface area (Å²) in [6, 6.07) is 0.949. The molecule has 1 N–H and O–H groups in total. The zero-order valence-electron chi connectivity index (χ0n) is 9.92. The predicted molar refractivity (Wildman–Crippen MR) is 63.5 cm³/mol. The van der Waals surface area contributed by atoms with Crippen molar-refractivity contribution in [2.75, 3.05) is 0 Å². The number of nitro benzene ring substituents is 3. The molecule has 0 saturated carbocycles. The van der Waals surface area contributed by atoms with Gasteiger partial charge < -0.3 is 4.55 Å². The Morgan fingerprint density at radius 1 is 1.00 bits per heavy atom. The van der Waals surface area contributed by atoms with Crippen molar-refractivity contribution in [3.05, 3.63) is 47.5 Å². The summed E-state index contributed by atoms with van der Waals surface area (Å²) in [5, 5.41) is 39.9. The molecule has 0 unspecified atom stereocenters. The molecule has 0 bridgehead atoms. The maximum Gasteiger partial charge on any atom is 0.537 e. The van der Waals surface area contributed by atoms with Gasteiger partial charge in [-0.3, -0.25) is 34.9 Å². The molecule has 0 atom stereocenters. The molecule has 0 saturated heterocycles. The van der Waals surface area contributed by atoms with E-state index in [0.29, 0.717) is 12.1 Å². The lowest BCUT2D eigenvalue weighted by molar-refractivity contribution is -0.401. The standard InChI is InChI=1S/C6H2N5O6.H2O4S/c7-8-6-4(10(14)15)1-3(9(12)13)2-5(6)11(16)17;1-5(2,3)4/h1-2H;(H2,1,2,3,4)/q+1;/p-1. The van der Waals surface area contributed by atoms with Gasteiger partial charge in [0.15, 0.2) is 4.98 Å². The van der Waals surface area contributed by atoms with Crippen molar-refractivity contribution in [1.29, 1.82) is 5.39 Å². The highest BCUT2D eigenvalue weighted by Crippen LogP contribution is 2.40. The van der Waals surface area contributed by atoms with Crippen molar-refractivity contribution < 1.29 is 32.3 Å². The summed E-state index contributed by atoms with van der Waals surface area (Å²) in [6.45, 7) is 0. The van der Waals surface area contributed by atoms with Crippen molar-refractivity contribution in [1.82, 2.24) is 0 Å². The van der Waals surface area contributed by atoms with E-state index in [-0.39, 0.29) is 0 Å². The maximum atomic E-state index is 10.5. The van der Waals surface area contributed by atoms with E-state index in [9.17, 15) is 30.3 Å². The number of hydrogen-bond donors (Lipinski definition) is 1. The minimum Gasteiger partial charge on any atom is -0.726 e. The summed E-state index contributed by atoms with van der Waals surface area (Å²) in [6.07, 6.45) is 0. The van der Waals surface area contributed by atoms with Crippen molar-refractivity contribution in [3.8, 4) is 0 Å². The second kappa shape index (κ2) is 6.93. The van der Waals surface area contributed by atoms with E-state index in [4.69, 9.17) is 22.9 Å². The van der Waals surface area contributed by atoms with Crippen LogP contribution in [0.15, 0.2) is 12.1 Å². The molecule has 15 nitrogen and oxygen atoms in total. The van der Waals surface area contributed by atoms with Gasteiger partial charge >= 0.3 is 17.1 Å². The number of benzene rings is 1. The van der Waals surface area contributed by atoms with Crippen LogP contribution in [0.5, 0.6) is 0 Å². The fourth-order valence-electron chi connectivity index (χ4n) is 1.08. The zero-order valence-corrected chi connectivity index (χ0v) is 10.7. The third-order valence-electron chi connectivity index (χ3n) is 1.76. The van der Waals surface area contributed by atoms with Gasteiger partial charge in [0.2, 0.25) is 15.8 Å². The van der Waals surface area contributed by atoms with Crippen LogP contribution in [0.25, 0.3) is 4.98 Å².